The average Bonchev–Trinajstić information content (AvgIpc) is 3.12. The van der Waals surface area contributed by atoms with Gasteiger partial charge < -0.3 is 10.5 Å². The number of rotatable bonds is 2. The molecular weight excluding hydrogens is 478 g/mol. The predicted octanol–water partition coefficient (Wildman–Crippen LogP) is 6.46. The molecule has 3 heterocycles. The van der Waals surface area contributed by atoms with Crippen LogP contribution in [0.15, 0.2) is 72.0 Å². The first-order chi connectivity index (χ1) is 17.9. The van der Waals surface area contributed by atoms with E-state index in [0.717, 1.165) is 40.1 Å². The number of anilines is 1. The number of Topliss-reactive ketones (excluding diaryl/α,β-unsaturated/α-hetero) is 1. The highest BCUT2D eigenvalue weighted by atomic mass is 16.4. The van der Waals surface area contributed by atoms with E-state index in [1.165, 1.54) is 11.3 Å². The van der Waals surface area contributed by atoms with Crippen LogP contribution in [0.4, 0.5) is 11.4 Å². The molecule has 0 radical (unpaired) electrons. The Hall–Kier alpha value is -4.17. The number of hydrazine groups is 1. The number of carboxylic acids is 1. The molecule has 5 rings (SSSR count). The van der Waals surface area contributed by atoms with E-state index in [9.17, 15) is 4.79 Å². The number of ketones is 1. The number of nitrogens with zero attached hydrogens (tertiary/aromatic N) is 3. The van der Waals surface area contributed by atoms with Gasteiger partial charge in [0.2, 0.25) is 0 Å². The number of carbonyl (C=O) groups is 2. The Labute approximate surface area is 224 Å². The molecule has 2 aromatic heterocycles. The smallest absolute Gasteiger partial charge is 0.300 e. The van der Waals surface area contributed by atoms with Crippen LogP contribution >= 0.6 is 0 Å². The van der Waals surface area contributed by atoms with Crippen LogP contribution in [0.5, 0.6) is 0 Å². The van der Waals surface area contributed by atoms with E-state index in [4.69, 9.17) is 20.7 Å². The van der Waals surface area contributed by atoms with Crippen LogP contribution in [0.3, 0.4) is 0 Å². The molecule has 0 fully saturated rings. The number of aliphatic carboxylic acids is 1. The standard InChI is InChI=1S/C14H14N2.C9H9N3.C5H10O.C2H4O2/c1-9-14(2,3)11-6-7-12-10(13(11)16-9)5-4-8-15-12;10-12-9-5-1-4-8-7(9)3-2-6-11-8;1-4(2)5(3)6;1-2(3)4/h4-8H,1-3H3;1-6,12H,10H2;4H,1-3H3;1H3,(H,3,4). The summed E-state index contributed by atoms with van der Waals surface area (Å²) >= 11 is 0. The molecule has 0 spiro atoms. The Morgan fingerprint density at radius 3 is 1.95 bits per heavy atom. The van der Waals surface area contributed by atoms with E-state index in [1.807, 2.05) is 56.4 Å². The molecular formula is C30H37N5O3. The average molecular weight is 516 g/mol. The van der Waals surface area contributed by atoms with Crippen molar-refractivity contribution >= 4 is 50.6 Å². The summed E-state index contributed by atoms with van der Waals surface area (Å²) < 4.78 is 0. The molecule has 1 aliphatic rings. The van der Waals surface area contributed by atoms with Crippen molar-refractivity contribution in [1.82, 2.24) is 9.97 Å². The SMILES string of the molecule is CC(=O)C(C)C.CC(=O)O.CC1=Nc2c(ccc3ncccc23)C1(C)C.NNc1cccc2ncccc12. The molecule has 2 aromatic carbocycles. The lowest BCUT2D eigenvalue weighted by atomic mass is 9.82. The van der Waals surface area contributed by atoms with Gasteiger partial charge in [-0.15, -0.1) is 0 Å². The van der Waals surface area contributed by atoms with E-state index in [1.54, 1.807) is 13.1 Å². The second-order valence-corrected chi connectivity index (χ2v) is 9.66. The minimum Gasteiger partial charge on any atom is -0.481 e. The molecule has 0 atom stereocenters. The third-order valence-corrected chi connectivity index (χ3v) is 6.23. The number of hydrogen-bond acceptors (Lipinski definition) is 7. The second-order valence-electron chi connectivity index (χ2n) is 9.66. The summed E-state index contributed by atoms with van der Waals surface area (Å²) in [6.07, 6.45) is 3.59. The maximum Gasteiger partial charge on any atom is 0.300 e. The first-order valence-electron chi connectivity index (χ1n) is 12.3. The summed E-state index contributed by atoms with van der Waals surface area (Å²) in [4.78, 5) is 32.4. The Kier molecular flexibility index (Phi) is 10.6. The fourth-order valence-corrected chi connectivity index (χ4v) is 3.49. The first kappa shape index (κ1) is 30.1. The number of benzene rings is 2. The molecule has 0 bridgehead atoms. The molecule has 0 saturated carbocycles. The second kappa shape index (κ2) is 13.4. The number of pyridine rings is 2. The lowest BCUT2D eigenvalue weighted by Crippen LogP contribution is -2.22. The third-order valence-electron chi connectivity index (χ3n) is 6.23. The molecule has 8 nitrogen and oxygen atoms in total. The van der Waals surface area contributed by atoms with Crippen LogP contribution in [-0.4, -0.2) is 32.5 Å². The largest absolute Gasteiger partial charge is 0.481 e. The summed E-state index contributed by atoms with van der Waals surface area (Å²) in [5.74, 6) is 4.98. The number of carbonyl (C=O) groups excluding carboxylic acids is 1. The van der Waals surface area contributed by atoms with Gasteiger partial charge in [0.25, 0.3) is 5.97 Å². The van der Waals surface area contributed by atoms with E-state index in [2.05, 4.69) is 54.4 Å². The maximum atomic E-state index is 10.1. The van der Waals surface area contributed by atoms with Crippen LogP contribution in [0, 0.1) is 5.92 Å². The van der Waals surface area contributed by atoms with Gasteiger partial charge >= 0.3 is 0 Å². The van der Waals surface area contributed by atoms with Crippen LogP contribution in [0.2, 0.25) is 0 Å². The number of nitrogen functional groups attached to an aromatic ring is 1. The van der Waals surface area contributed by atoms with Crippen LogP contribution in [0.25, 0.3) is 21.8 Å². The van der Waals surface area contributed by atoms with Gasteiger partial charge in [0.15, 0.2) is 0 Å². The van der Waals surface area contributed by atoms with Crippen molar-refractivity contribution in [2.24, 2.45) is 16.8 Å². The topological polar surface area (TPSA) is 131 Å². The highest BCUT2D eigenvalue weighted by Gasteiger charge is 2.32. The van der Waals surface area contributed by atoms with Gasteiger partial charge in [0.1, 0.15) is 5.78 Å². The van der Waals surface area contributed by atoms with Crippen molar-refractivity contribution in [3.63, 3.8) is 0 Å². The normalized spacial score (nSPS) is 12.6. The minimum absolute atomic E-state index is 0.0549. The van der Waals surface area contributed by atoms with Crippen molar-refractivity contribution in [2.45, 2.75) is 53.9 Å². The van der Waals surface area contributed by atoms with Gasteiger partial charge in [-0.1, -0.05) is 39.8 Å². The molecule has 0 amide bonds. The number of fused-ring (bicyclic) bond motifs is 4. The quantitative estimate of drug-likeness (QED) is 0.206. The zero-order valence-electron chi connectivity index (χ0n) is 23.1. The van der Waals surface area contributed by atoms with Crippen molar-refractivity contribution < 1.29 is 14.7 Å². The van der Waals surface area contributed by atoms with E-state index >= 15 is 0 Å². The number of nitrogens with two attached hydrogens (primary N) is 1. The van der Waals surface area contributed by atoms with Crippen molar-refractivity contribution in [3.05, 3.63) is 72.6 Å². The number of hydrogen-bond donors (Lipinski definition) is 3. The number of aliphatic imine (C=N–C) groups is 1. The lowest BCUT2D eigenvalue weighted by Gasteiger charge is -2.19. The van der Waals surface area contributed by atoms with Gasteiger partial charge in [-0.3, -0.25) is 30.4 Å². The van der Waals surface area contributed by atoms with E-state index in [0.29, 0.717) is 0 Å². The number of aromatic nitrogens is 2. The first-order valence-corrected chi connectivity index (χ1v) is 12.3. The van der Waals surface area contributed by atoms with E-state index < -0.39 is 5.97 Å². The molecule has 4 N–H and O–H groups in total. The summed E-state index contributed by atoms with van der Waals surface area (Å²) in [5, 5.41) is 9.62. The van der Waals surface area contributed by atoms with Crippen molar-refractivity contribution in [2.75, 3.05) is 5.43 Å². The fraction of sp³-hybridized carbons (Fsp3) is 0.300. The summed E-state index contributed by atoms with van der Waals surface area (Å²) in [6.45, 7) is 13.0. The zero-order chi connectivity index (χ0) is 28.5. The molecule has 0 unspecified atom stereocenters. The van der Waals surface area contributed by atoms with Crippen LogP contribution in [-0.2, 0) is 15.0 Å². The Morgan fingerprint density at radius 1 is 0.895 bits per heavy atom. The van der Waals surface area contributed by atoms with Gasteiger partial charge in [-0.05, 0) is 61.9 Å². The van der Waals surface area contributed by atoms with Crippen molar-refractivity contribution in [1.29, 1.82) is 0 Å². The Bertz CT molecular complexity index is 1440. The summed E-state index contributed by atoms with van der Waals surface area (Å²) in [7, 11) is 0. The van der Waals surface area contributed by atoms with Crippen molar-refractivity contribution in [3.8, 4) is 0 Å². The van der Waals surface area contributed by atoms with Gasteiger partial charge in [0.05, 0.1) is 22.4 Å². The molecule has 4 aromatic rings. The zero-order valence-corrected chi connectivity index (χ0v) is 23.1. The molecule has 0 saturated heterocycles. The molecule has 38 heavy (non-hydrogen) atoms. The summed E-state index contributed by atoms with van der Waals surface area (Å²) in [5.41, 5.74) is 9.16. The Balaban J connectivity index is 0.000000203. The number of carboxylic acid groups (broad SMARTS) is 1. The maximum absolute atomic E-state index is 10.1. The minimum atomic E-state index is -0.833. The highest BCUT2D eigenvalue weighted by molar-refractivity contribution is 6.06. The Morgan fingerprint density at radius 2 is 1.42 bits per heavy atom. The van der Waals surface area contributed by atoms with Gasteiger partial charge in [-0.25, -0.2) is 0 Å². The predicted molar refractivity (Wildman–Crippen MR) is 156 cm³/mol. The van der Waals surface area contributed by atoms with Crippen LogP contribution < -0.4 is 11.3 Å². The monoisotopic (exact) mass is 515 g/mol. The van der Waals surface area contributed by atoms with Gasteiger partial charge in [-0.2, -0.15) is 0 Å². The highest BCUT2D eigenvalue weighted by Crippen LogP contribution is 2.43. The fourth-order valence-electron chi connectivity index (χ4n) is 3.49. The van der Waals surface area contributed by atoms with E-state index in [-0.39, 0.29) is 17.1 Å². The third kappa shape index (κ3) is 7.66. The number of nitrogens with one attached hydrogen (secondary N) is 1. The summed E-state index contributed by atoms with van der Waals surface area (Å²) in [6, 6.07) is 18.0. The lowest BCUT2D eigenvalue weighted by molar-refractivity contribution is -0.134. The van der Waals surface area contributed by atoms with Gasteiger partial charge in [0, 0.05) is 47.1 Å². The molecule has 8 heteroatoms. The molecule has 0 aliphatic carbocycles. The molecule has 200 valence electrons. The molecule has 1 aliphatic heterocycles. The van der Waals surface area contributed by atoms with Crippen LogP contribution in [0.1, 0.15) is 54.0 Å².